The molecule has 0 saturated heterocycles. The first-order valence-corrected chi connectivity index (χ1v) is 7.35. The van der Waals surface area contributed by atoms with Crippen LogP contribution in [0.25, 0.3) is 5.57 Å². The fraction of sp³-hybridized carbons (Fsp3) is 0.353. The van der Waals surface area contributed by atoms with E-state index >= 15 is 0 Å². The molecular formula is C17H15F6NO. The zero-order chi connectivity index (χ0) is 19.0. The van der Waals surface area contributed by atoms with Crippen LogP contribution in [0.15, 0.2) is 36.6 Å². The maximum atomic E-state index is 13.0. The van der Waals surface area contributed by atoms with E-state index in [9.17, 15) is 31.1 Å². The highest BCUT2D eigenvalue weighted by Gasteiger charge is 2.39. The Balaban J connectivity index is 2.65. The van der Waals surface area contributed by atoms with Crippen molar-refractivity contribution in [2.45, 2.75) is 25.2 Å². The normalized spacial score (nSPS) is 18.7. The van der Waals surface area contributed by atoms with Crippen LogP contribution in [0.2, 0.25) is 0 Å². The first-order valence-electron chi connectivity index (χ1n) is 7.35. The van der Waals surface area contributed by atoms with Crippen molar-refractivity contribution in [3.8, 4) is 0 Å². The molecule has 0 spiro atoms. The molecule has 1 unspecified atom stereocenters. The summed E-state index contributed by atoms with van der Waals surface area (Å²) in [7, 11) is 1.47. The molecule has 0 amide bonds. The Labute approximate surface area is 140 Å². The number of ketones is 1. The molecule has 1 aromatic rings. The third-order valence-corrected chi connectivity index (χ3v) is 4.00. The van der Waals surface area contributed by atoms with Crippen LogP contribution in [0.3, 0.4) is 0 Å². The van der Waals surface area contributed by atoms with Gasteiger partial charge < -0.3 is 5.32 Å². The van der Waals surface area contributed by atoms with E-state index in [1.54, 1.807) is 0 Å². The Bertz CT molecular complexity index is 697. The van der Waals surface area contributed by atoms with Crippen molar-refractivity contribution in [1.82, 2.24) is 5.32 Å². The monoisotopic (exact) mass is 363 g/mol. The van der Waals surface area contributed by atoms with E-state index in [-0.39, 0.29) is 23.6 Å². The van der Waals surface area contributed by atoms with Crippen LogP contribution in [-0.4, -0.2) is 12.8 Å². The zero-order valence-electron chi connectivity index (χ0n) is 13.2. The molecule has 1 aliphatic carbocycles. The standard InChI is InChI=1S/C17H15F6NO/c1-3-4-9-7-13(24-2)14(15(9)25)10-5-11(16(18,19)20)8-12(6-10)17(21,22)23/h3,5-6,8-9,24H,1,4,7H2,2H3. The third kappa shape index (κ3) is 3.88. The summed E-state index contributed by atoms with van der Waals surface area (Å²) >= 11 is 0. The molecule has 1 N–H and O–H groups in total. The minimum absolute atomic E-state index is 0.0454. The molecule has 2 rings (SSSR count). The minimum atomic E-state index is -4.96. The second-order valence-electron chi connectivity index (χ2n) is 5.69. The Morgan fingerprint density at radius 1 is 1.12 bits per heavy atom. The second kappa shape index (κ2) is 6.57. The number of nitrogens with one attached hydrogen (secondary N) is 1. The Kier molecular flexibility index (Phi) is 5.02. The summed E-state index contributed by atoms with van der Waals surface area (Å²) in [4.78, 5) is 12.5. The molecule has 8 heteroatoms. The number of hydrogen-bond acceptors (Lipinski definition) is 2. The molecule has 25 heavy (non-hydrogen) atoms. The van der Waals surface area contributed by atoms with Gasteiger partial charge in [0.25, 0.3) is 0 Å². The Hall–Kier alpha value is -2.25. The van der Waals surface area contributed by atoms with E-state index in [2.05, 4.69) is 11.9 Å². The Morgan fingerprint density at radius 3 is 2.04 bits per heavy atom. The summed E-state index contributed by atoms with van der Waals surface area (Å²) in [5.74, 6) is -1.03. The van der Waals surface area contributed by atoms with E-state index < -0.39 is 35.2 Å². The summed E-state index contributed by atoms with van der Waals surface area (Å²) in [6.45, 7) is 3.51. The molecule has 1 aromatic carbocycles. The van der Waals surface area contributed by atoms with Gasteiger partial charge in [-0.2, -0.15) is 26.3 Å². The zero-order valence-corrected chi connectivity index (χ0v) is 13.2. The summed E-state index contributed by atoms with van der Waals surface area (Å²) < 4.78 is 78.0. The van der Waals surface area contributed by atoms with Gasteiger partial charge in [0.2, 0.25) is 0 Å². The molecule has 136 valence electrons. The number of allylic oxidation sites excluding steroid dienone is 3. The topological polar surface area (TPSA) is 29.1 Å². The third-order valence-electron chi connectivity index (χ3n) is 4.00. The van der Waals surface area contributed by atoms with Crippen LogP contribution < -0.4 is 5.32 Å². The fourth-order valence-electron chi connectivity index (χ4n) is 2.83. The molecule has 0 aliphatic heterocycles. The van der Waals surface area contributed by atoms with Crippen LogP contribution in [0.5, 0.6) is 0 Å². The van der Waals surface area contributed by atoms with Gasteiger partial charge >= 0.3 is 12.4 Å². The lowest BCUT2D eigenvalue weighted by Gasteiger charge is -2.15. The number of hydrogen-bond donors (Lipinski definition) is 1. The first-order chi connectivity index (χ1) is 11.5. The molecule has 0 heterocycles. The molecule has 0 bridgehead atoms. The highest BCUT2D eigenvalue weighted by Crippen LogP contribution is 2.41. The van der Waals surface area contributed by atoms with Gasteiger partial charge in [-0.05, 0) is 36.6 Å². The van der Waals surface area contributed by atoms with Gasteiger partial charge in [-0.3, -0.25) is 4.79 Å². The molecule has 0 radical (unpaired) electrons. The smallest absolute Gasteiger partial charge is 0.391 e. The van der Waals surface area contributed by atoms with E-state index in [0.717, 1.165) is 0 Å². The van der Waals surface area contributed by atoms with Gasteiger partial charge in [0.05, 0.1) is 11.1 Å². The quantitative estimate of drug-likeness (QED) is 0.614. The van der Waals surface area contributed by atoms with Crippen LogP contribution in [-0.2, 0) is 17.1 Å². The van der Waals surface area contributed by atoms with Crippen molar-refractivity contribution >= 4 is 11.4 Å². The largest absolute Gasteiger partial charge is 0.416 e. The van der Waals surface area contributed by atoms with Gasteiger partial charge in [-0.1, -0.05) is 6.08 Å². The lowest BCUT2D eigenvalue weighted by Crippen LogP contribution is -2.14. The van der Waals surface area contributed by atoms with Gasteiger partial charge in [0.1, 0.15) is 0 Å². The SMILES string of the molecule is C=CCC1CC(NC)=C(c2cc(C(F)(F)F)cc(C(F)(F)F)c2)C1=O. The predicted octanol–water partition coefficient (Wildman–Crippen LogP) is 4.82. The lowest BCUT2D eigenvalue weighted by atomic mass is 9.94. The number of halogens is 6. The van der Waals surface area contributed by atoms with Crippen LogP contribution in [0.1, 0.15) is 29.5 Å². The van der Waals surface area contributed by atoms with E-state index in [0.29, 0.717) is 24.3 Å². The molecular weight excluding hydrogens is 348 g/mol. The van der Waals surface area contributed by atoms with Crippen molar-refractivity contribution in [3.63, 3.8) is 0 Å². The molecule has 1 aliphatic rings. The maximum Gasteiger partial charge on any atom is 0.416 e. The molecule has 2 nitrogen and oxygen atoms in total. The number of alkyl halides is 6. The van der Waals surface area contributed by atoms with Gasteiger partial charge in [0, 0.05) is 24.2 Å². The number of benzene rings is 1. The highest BCUT2D eigenvalue weighted by molar-refractivity contribution is 6.24. The highest BCUT2D eigenvalue weighted by atomic mass is 19.4. The molecule has 0 fully saturated rings. The lowest BCUT2D eigenvalue weighted by molar-refractivity contribution is -0.143. The van der Waals surface area contributed by atoms with Gasteiger partial charge in [-0.15, -0.1) is 6.58 Å². The van der Waals surface area contributed by atoms with Crippen molar-refractivity contribution in [3.05, 3.63) is 53.2 Å². The van der Waals surface area contributed by atoms with Crippen LogP contribution in [0, 0.1) is 5.92 Å². The molecule has 1 atom stereocenters. The fourth-order valence-corrected chi connectivity index (χ4v) is 2.83. The average Bonchev–Trinajstić information content (AvgIpc) is 2.82. The van der Waals surface area contributed by atoms with Gasteiger partial charge in [0.15, 0.2) is 5.78 Å². The number of carbonyl (C=O) groups excluding carboxylic acids is 1. The summed E-state index contributed by atoms with van der Waals surface area (Å²) in [6, 6.07) is 1.20. The Morgan fingerprint density at radius 2 is 1.64 bits per heavy atom. The maximum absolute atomic E-state index is 13.0. The van der Waals surface area contributed by atoms with Crippen molar-refractivity contribution in [2.75, 3.05) is 7.05 Å². The van der Waals surface area contributed by atoms with Crippen molar-refractivity contribution < 1.29 is 31.1 Å². The molecule has 0 aromatic heterocycles. The summed E-state index contributed by atoms with van der Waals surface area (Å²) in [6.07, 6.45) is -7.92. The van der Waals surface area contributed by atoms with E-state index in [4.69, 9.17) is 0 Å². The number of carbonyl (C=O) groups is 1. The van der Waals surface area contributed by atoms with Gasteiger partial charge in [-0.25, -0.2) is 0 Å². The van der Waals surface area contributed by atoms with Crippen LogP contribution >= 0.6 is 0 Å². The number of Topliss-reactive ketones (excluding diaryl/α,β-unsaturated/α-hetero) is 1. The van der Waals surface area contributed by atoms with Crippen molar-refractivity contribution in [2.24, 2.45) is 5.92 Å². The first kappa shape index (κ1) is 19.1. The summed E-state index contributed by atoms with van der Waals surface area (Å²) in [5.41, 5.74) is -3.08. The van der Waals surface area contributed by atoms with Crippen LogP contribution in [0.4, 0.5) is 26.3 Å². The predicted molar refractivity (Wildman–Crippen MR) is 80.4 cm³/mol. The van der Waals surface area contributed by atoms with Crippen molar-refractivity contribution in [1.29, 1.82) is 0 Å². The average molecular weight is 363 g/mol. The minimum Gasteiger partial charge on any atom is -0.391 e. The van der Waals surface area contributed by atoms with E-state index in [1.807, 2.05) is 0 Å². The molecule has 0 saturated carbocycles. The number of rotatable bonds is 4. The van der Waals surface area contributed by atoms with E-state index in [1.165, 1.54) is 13.1 Å². The summed E-state index contributed by atoms with van der Waals surface area (Å²) in [5, 5.41) is 2.71. The second-order valence-corrected chi connectivity index (χ2v) is 5.69.